The Balaban J connectivity index is 2.15. The van der Waals surface area contributed by atoms with Crippen LogP contribution in [0.5, 0.6) is 0 Å². The van der Waals surface area contributed by atoms with E-state index in [1.54, 1.807) is 7.11 Å². The van der Waals surface area contributed by atoms with Gasteiger partial charge in [0.05, 0.1) is 6.10 Å². The topological polar surface area (TPSA) is 64.3 Å². The zero-order valence-electron chi connectivity index (χ0n) is 11.1. The minimum absolute atomic E-state index is 0.0897. The molecule has 4 nitrogen and oxygen atoms in total. The van der Waals surface area contributed by atoms with E-state index in [9.17, 15) is 4.79 Å². The molecule has 1 aliphatic carbocycles. The van der Waals surface area contributed by atoms with Crippen LogP contribution in [0.3, 0.4) is 0 Å². The van der Waals surface area contributed by atoms with Crippen molar-refractivity contribution >= 4 is 5.91 Å². The van der Waals surface area contributed by atoms with E-state index in [1.165, 1.54) is 12.8 Å². The van der Waals surface area contributed by atoms with Crippen LogP contribution in [0, 0.1) is 11.8 Å². The normalized spacial score (nSPS) is 26.5. The van der Waals surface area contributed by atoms with Gasteiger partial charge < -0.3 is 15.8 Å². The Morgan fingerprint density at radius 1 is 1.35 bits per heavy atom. The lowest BCUT2D eigenvalue weighted by Crippen LogP contribution is -2.33. The van der Waals surface area contributed by atoms with Gasteiger partial charge in [0.25, 0.3) is 0 Å². The maximum atomic E-state index is 11.7. The first kappa shape index (κ1) is 14.5. The molecule has 4 heteroatoms. The van der Waals surface area contributed by atoms with Gasteiger partial charge in [-0.15, -0.1) is 0 Å². The number of nitrogens with two attached hydrogens (primary N) is 1. The quantitative estimate of drug-likeness (QED) is 0.737. The summed E-state index contributed by atoms with van der Waals surface area (Å²) in [5.74, 6) is 1.39. The molecule has 0 bridgehead atoms. The van der Waals surface area contributed by atoms with Crippen molar-refractivity contribution in [3.8, 4) is 0 Å². The molecule has 0 aromatic rings. The number of hydrogen-bond donors (Lipinski definition) is 2. The smallest absolute Gasteiger partial charge is 0.220 e. The zero-order chi connectivity index (χ0) is 12.7. The van der Waals surface area contributed by atoms with Crippen LogP contribution in [0.1, 0.15) is 39.0 Å². The molecule has 17 heavy (non-hydrogen) atoms. The number of ether oxygens (including phenoxy) is 1. The van der Waals surface area contributed by atoms with Gasteiger partial charge in [-0.05, 0) is 51.0 Å². The largest absolute Gasteiger partial charge is 0.380 e. The van der Waals surface area contributed by atoms with Gasteiger partial charge in [0.15, 0.2) is 0 Å². The van der Waals surface area contributed by atoms with Crippen molar-refractivity contribution in [2.24, 2.45) is 17.6 Å². The van der Waals surface area contributed by atoms with Gasteiger partial charge >= 0.3 is 0 Å². The summed E-state index contributed by atoms with van der Waals surface area (Å²) in [7, 11) is 1.66. The van der Waals surface area contributed by atoms with E-state index in [0.717, 1.165) is 19.4 Å². The van der Waals surface area contributed by atoms with Crippen molar-refractivity contribution in [3.05, 3.63) is 0 Å². The molecule has 0 aromatic carbocycles. The van der Waals surface area contributed by atoms with Gasteiger partial charge in [0.2, 0.25) is 5.91 Å². The molecule has 1 unspecified atom stereocenters. The fourth-order valence-corrected chi connectivity index (χ4v) is 2.35. The van der Waals surface area contributed by atoms with Crippen LogP contribution >= 0.6 is 0 Å². The molecular formula is C13H26N2O2. The molecule has 1 rings (SSSR count). The summed E-state index contributed by atoms with van der Waals surface area (Å²) in [4.78, 5) is 11.7. The Morgan fingerprint density at radius 2 is 1.94 bits per heavy atom. The van der Waals surface area contributed by atoms with Gasteiger partial charge in [-0.1, -0.05) is 0 Å². The highest BCUT2D eigenvalue weighted by Gasteiger charge is 2.22. The van der Waals surface area contributed by atoms with E-state index in [4.69, 9.17) is 10.5 Å². The van der Waals surface area contributed by atoms with Crippen LogP contribution in [0.25, 0.3) is 0 Å². The van der Waals surface area contributed by atoms with Gasteiger partial charge in [0, 0.05) is 20.1 Å². The third-order valence-electron chi connectivity index (χ3n) is 3.76. The highest BCUT2D eigenvalue weighted by Crippen LogP contribution is 2.29. The van der Waals surface area contributed by atoms with E-state index in [-0.39, 0.29) is 12.0 Å². The summed E-state index contributed by atoms with van der Waals surface area (Å²) in [5.41, 5.74) is 5.65. The third-order valence-corrected chi connectivity index (χ3v) is 3.76. The van der Waals surface area contributed by atoms with Crippen LogP contribution in [0.15, 0.2) is 0 Å². The number of rotatable bonds is 6. The van der Waals surface area contributed by atoms with Crippen molar-refractivity contribution in [1.29, 1.82) is 0 Å². The highest BCUT2D eigenvalue weighted by molar-refractivity contribution is 5.76. The lowest BCUT2D eigenvalue weighted by Gasteiger charge is -2.27. The average Bonchev–Trinajstić information content (AvgIpc) is 2.36. The molecule has 1 fully saturated rings. The van der Waals surface area contributed by atoms with E-state index in [1.807, 2.05) is 6.92 Å². The summed E-state index contributed by atoms with van der Waals surface area (Å²) < 4.78 is 5.09. The standard InChI is InChI=1S/C13H26N2O2/c1-10(17-2)9-15-13(16)7-11-3-5-12(8-14)6-4-11/h10-12H,3-9,14H2,1-2H3,(H,15,16). The summed E-state index contributed by atoms with van der Waals surface area (Å²) >= 11 is 0. The first-order chi connectivity index (χ1) is 8.15. The second-order valence-corrected chi connectivity index (χ2v) is 5.18. The highest BCUT2D eigenvalue weighted by atomic mass is 16.5. The Labute approximate surface area is 104 Å². The first-order valence-electron chi connectivity index (χ1n) is 6.65. The molecular weight excluding hydrogens is 216 g/mol. The lowest BCUT2D eigenvalue weighted by atomic mass is 9.80. The van der Waals surface area contributed by atoms with E-state index in [0.29, 0.717) is 24.8 Å². The molecule has 0 heterocycles. The molecule has 3 N–H and O–H groups in total. The van der Waals surface area contributed by atoms with E-state index < -0.39 is 0 Å². The van der Waals surface area contributed by atoms with Gasteiger partial charge in [-0.2, -0.15) is 0 Å². The van der Waals surface area contributed by atoms with E-state index >= 15 is 0 Å². The van der Waals surface area contributed by atoms with Gasteiger partial charge in [0.1, 0.15) is 0 Å². The fourth-order valence-electron chi connectivity index (χ4n) is 2.35. The Bertz CT molecular complexity index is 225. The number of hydrogen-bond acceptors (Lipinski definition) is 3. The average molecular weight is 242 g/mol. The molecule has 1 amide bonds. The predicted octanol–water partition coefficient (Wildman–Crippen LogP) is 1.29. The molecule has 0 aliphatic heterocycles. The van der Waals surface area contributed by atoms with E-state index in [2.05, 4.69) is 5.32 Å². The molecule has 1 saturated carbocycles. The van der Waals surface area contributed by atoms with Crippen molar-refractivity contribution in [1.82, 2.24) is 5.32 Å². The predicted molar refractivity (Wildman–Crippen MR) is 68.6 cm³/mol. The second kappa shape index (κ2) is 7.67. The van der Waals surface area contributed by atoms with Crippen LogP contribution in [-0.2, 0) is 9.53 Å². The van der Waals surface area contributed by atoms with Crippen molar-refractivity contribution in [2.45, 2.75) is 45.1 Å². The number of amides is 1. The maximum absolute atomic E-state index is 11.7. The summed E-state index contributed by atoms with van der Waals surface area (Å²) in [5, 5.41) is 2.92. The van der Waals surface area contributed by atoms with Crippen molar-refractivity contribution in [2.75, 3.05) is 20.2 Å². The summed E-state index contributed by atoms with van der Waals surface area (Å²) in [6.45, 7) is 3.35. The van der Waals surface area contributed by atoms with Gasteiger partial charge in [-0.3, -0.25) is 4.79 Å². The first-order valence-corrected chi connectivity index (χ1v) is 6.65. The molecule has 1 aliphatic rings. The number of carbonyl (C=O) groups is 1. The number of methoxy groups -OCH3 is 1. The molecule has 0 radical (unpaired) electrons. The lowest BCUT2D eigenvalue weighted by molar-refractivity contribution is -0.122. The summed E-state index contributed by atoms with van der Waals surface area (Å²) in [6, 6.07) is 0. The Kier molecular flexibility index (Phi) is 6.52. The van der Waals surface area contributed by atoms with Crippen LogP contribution in [-0.4, -0.2) is 32.2 Å². The fraction of sp³-hybridized carbons (Fsp3) is 0.923. The minimum atomic E-state index is 0.0897. The zero-order valence-corrected chi connectivity index (χ0v) is 11.1. The molecule has 0 spiro atoms. The third kappa shape index (κ3) is 5.50. The number of nitrogens with one attached hydrogen (secondary N) is 1. The Morgan fingerprint density at radius 3 is 2.47 bits per heavy atom. The van der Waals surface area contributed by atoms with Crippen molar-refractivity contribution in [3.63, 3.8) is 0 Å². The molecule has 0 aromatic heterocycles. The number of carbonyl (C=O) groups excluding carboxylic acids is 1. The van der Waals surface area contributed by atoms with Crippen molar-refractivity contribution < 1.29 is 9.53 Å². The monoisotopic (exact) mass is 242 g/mol. The molecule has 0 saturated heterocycles. The van der Waals surface area contributed by atoms with Gasteiger partial charge in [-0.25, -0.2) is 0 Å². The maximum Gasteiger partial charge on any atom is 0.220 e. The van der Waals surface area contributed by atoms with Crippen LogP contribution in [0.2, 0.25) is 0 Å². The molecule has 1 atom stereocenters. The summed E-state index contributed by atoms with van der Waals surface area (Å²) in [6.07, 6.45) is 5.41. The van der Waals surface area contributed by atoms with Crippen LogP contribution in [0.4, 0.5) is 0 Å². The SMILES string of the molecule is COC(C)CNC(=O)CC1CCC(CN)CC1. The molecule has 100 valence electrons. The second-order valence-electron chi connectivity index (χ2n) is 5.18. The minimum Gasteiger partial charge on any atom is -0.380 e. The Hall–Kier alpha value is -0.610. The van der Waals surface area contributed by atoms with Crippen LogP contribution < -0.4 is 11.1 Å².